The van der Waals surface area contributed by atoms with E-state index in [1.54, 1.807) is 72.8 Å². The van der Waals surface area contributed by atoms with Crippen LogP contribution in [0.4, 0.5) is 0 Å². The van der Waals surface area contributed by atoms with Gasteiger partial charge in [0.25, 0.3) is 0 Å². The van der Waals surface area contributed by atoms with Gasteiger partial charge in [0.2, 0.25) is 5.90 Å². The van der Waals surface area contributed by atoms with E-state index in [0.717, 1.165) is 5.56 Å². The average molecular weight is 418 g/mol. The fourth-order valence-electron chi connectivity index (χ4n) is 2.89. The number of esters is 2. The Hall–Kier alpha value is -3.70. The number of carbonyl (C=O) groups excluding carboxylic acids is 2. The molecule has 0 spiro atoms. The molecule has 0 atom stereocenters. The molecule has 0 bridgehead atoms. The van der Waals surface area contributed by atoms with Crippen LogP contribution in [0.1, 0.15) is 27.0 Å². The SMILES string of the molecule is Cc1cccc(C(=O)Oc2ccc(C=C3N=C(c4ccccc4Cl)OC3=O)cc2)c1. The van der Waals surface area contributed by atoms with Crippen LogP contribution >= 0.6 is 11.6 Å². The van der Waals surface area contributed by atoms with Gasteiger partial charge in [-0.05, 0) is 55.0 Å². The molecule has 0 saturated carbocycles. The lowest BCUT2D eigenvalue weighted by atomic mass is 10.1. The molecule has 4 rings (SSSR count). The van der Waals surface area contributed by atoms with E-state index in [1.165, 1.54) is 0 Å². The van der Waals surface area contributed by atoms with Gasteiger partial charge in [0, 0.05) is 0 Å². The topological polar surface area (TPSA) is 65.0 Å². The Morgan fingerprint density at radius 3 is 2.53 bits per heavy atom. The number of aryl methyl sites for hydroxylation is 1. The Morgan fingerprint density at radius 2 is 1.80 bits per heavy atom. The van der Waals surface area contributed by atoms with Crippen LogP contribution in [-0.2, 0) is 9.53 Å². The highest BCUT2D eigenvalue weighted by molar-refractivity contribution is 6.34. The van der Waals surface area contributed by atoms with Gasteiger partial charge in [0.15, 0.2) is 5.70 Å². The molecule has 1 heterocycles. The van der Waals surface area contributed by atoms with Crippen LogP contribution in [0.2, 0.25) is 5.02 Å². The summed E-state index contributed by atoms with van der Waals surface area (Å²) in [4.78, 5) is 28.7. The molecule has 0 saturated heterocycles. The van der Waals surface area contributed by atoms with Gasteiger partial charge in [-0.15, -0.1) is 0 Å². The molecule has 30 heavy (non-hydrogen) atoms. The first-order valence-corrected chi connectivity index (χ1v) is 9.54. The molecule has 0 unspecified atom stereocenters. The van der Waals surface area contributed by atoms with Crippen LogP contribution in [0.25, 0.3) is 6.08 Å². The summed E-state index contributed by atoms with van der Waals surface area (Å²) in [5.74, 6) is -0.420. The number of benzene rings is 3. The first kappa shape index (κ1) is 19.6. The van der Waals surface area contributed by atoms with Crippen molar-refractivity contribution < 1.29 is 19.1 Å². The van der Waals surface area contributed by atoms with Crippen molar-refractivity contribution in [3.63, 3.8) is 0 Å². The molecule has 0 N–H and O–H groups in total. The molecule has 0 amide bonds. The molecule has 5 nitrogen and oxygen atoms in total. The predicted molar refractivity (Wildman–Crippen MR) is 115 cm³/mol. The van der Waals surface area contributed by atoms with Crippen molar-refractivity contribution in [3.05, 3.63) is 106 Å². The predicted octanol–water partition coefficient (Wildman–Crippen LogP) is 5.21. The second-order valence-electron chi connectivity index (χ2n) is 6.64. The van der Waals surface area contributed by atoms with E-state index in [2.05, 4.69) is 4.99 Å². The number of aliphatic imine (C=N–C) groups is 1. The van der Waals surface area contributed by atoms with Gasteiger partial charge in [-0.1, -0.05) is 53.6 Å². The van der Waals surface area contributed by atoms with E-state index in [4.69, 9.17) is 21.1 Å². The van der Waals surface area contributed by atoms with Crippen molar-refractivity contribution in [1.82, 2.24) is 0 Å². The van der Waals surface area contributed by atoms with Gasteiger partial charge in [-0.3, -0.25) is 0 Å². The van der Waals surface area contributed by atoms with Gasteiger partial charge >= 0.3 is 11.9 Å². The van der Waals surface area contributed by atoms with Crippen molar-refractivity contribution in [1.29, 1.82) is 0 Å². The first-order chi connectivity index (χ1) is 14.5. The molecule has 1 aliphatic heterocycles. The lowest BCUT2D eigenvalue weighted by molar-refractivity contribution is -0.129. The zero-order chi connectivity index (χ0) is 21.1. The highest BCUT2D eigenvalue weighted by atomic mass is 35.5. The average Bonchev–Trinajstić information content (AvgIpc) is 3.10. The van der Waals surface area contributed by atoms with E-state index >= 15 is 0 Å². The third-order valence-electron chi connectivity index (χ3n) is 4.37. The van der Waals surface area contributed by atoms with Crippen molar-refractivity contribution >= 4 is 35.5 Å². The van der Waals surface area contributed by atoms with E-state index in [1.807, 2.05) is 13.0 Å². The second-order valence-corrected chi connectivity index (χ2v) is 7.05. The number of halogens is 1. The molecule has 0 radical (unpaired) electrons. The molecular weight excluding hydrogens is 402 g/mol. The summed E-state index contributed by atoms with van der Waals surface area (Å²) >= 11 is 6.14. The van der Waals surface area contributed by atoms with Gasteiger partial charge < -0.3 is 9.47 Å². The number of ether oxygens (including phenoxy) is 2. The zero-order valence-corrected chi connectivity index (χ0v) is 16.7. The standard InChI is InChI=1S/C24H16ClNO4/c1-15-5-4-6-17(13-15)23(27)29-18-11-9-16(10-12-18)14-21-24(28)30-22(26-21)19-7-2-3-8-20(19)25/h2-14H,1H3. The highest BCUT2D eigenvalue weighted by Crippen LogP contribution is 2.24. The maximum atomic E-state index is 12.2. The molecule has 0 aliphatic carbocycles. The molecular formula is C24H16ClNO4. The summed E-state index contributed by atoms with van der Waals surface area (Å²) in [7, 11) is 0. The minimum Gasteiger partial charge on any atom is -0.423 e. The Balaban J connectivity index is 1.50. The largest absolute Gasteiger partial charge is 0.423 e. The van der Waals surface area contributed by atoms with Crippen LogP contribution in [0.15, 0.2) is 83.5 Å². The van der Waals surface area contributed by atoms with Crippen molar-refractivity contribution in [3.8, 4) is 5.75 Å². The number of carbonyl (C=O) groups is 2. The molecule has 3 aromatic carbocycles. The molecule has 6 heteroatoms. The lowest BCUT2D eigenvalue weighted by Crippen LogP contribution is -2.08. The van der Waals surface area contributed by atoms with Crippen LogP contribution in [0.5, 0.6) is 5.75 Å². The molecule has 3 aromatic rings. The Bertz CT molecular complexity index is 1200. The number of cyclic esters (lactones) is 1. The summed E-state index contributed by atoms with van der Waals surface area (Å²) in [6, 6.07) is 20.9. The van der Waals surface area contributed by atoms with E-state index in [-0.39, 0.29) is 11.6 Å². The molecule has 0 fully saturated rings. The maximum absolute atomic E-state index is 12.2. The number of hydrogen-bond donors (Lipinski definition) is 0. The third kappa shape index (κ3) is 4.31. The Labute approximate surface area is 178 Å². The van der Waals surface area contributed by atoms with Crippen molar-refractivity contribution in [2.75, 3.05) is 0 Å². The fraction of sp³-hybridized carbons (Fsp3) is 0.0417. The third-order valence-corrected chi connectivity index (χ3v) is 4.70. The van der Waals surface area contributed by atoms with E-state index < -0.39 is 11.9 Å². The van der Waals surface area contributed by atoms with Gasteiger partial charge in [0.05, 0.1) is 16.1 Å². The number of rotatable bonds is 4. The van der Waals surface area contributed by atoms with Crippen molar-refractivity contribution in [2.45, 2.75) is 6.92 Å². The smallest absolute Gasteiger partial charge is 0.363 e. The fourth-order valence-corrected chi connectivity index (χ4v) is 3.10. The van der Waals surface area contributed by atoms with Crippen LogP contribution < -0.4 is 4.74 Å². The highest BCUT2D eigenvalue weighted by Gasteiger charge is 2.25. The second kappa shape index (κ2) is 8.35. The first-order valence-electron chi connectivity index (χ1n) is 9.16. The summed E-state index contributed by atoms with van der Waals surface area (Å²) in [5, 5.41) is 0.449. The summed E-state index contributed by atoms with van der Waals surface area (Å²) in [6.45, 7) is 1.91. The molecule has 0 aromatic heterocycles. The number of nitrogens with zero attached hydrogens (tertiary/aromatic N) is 1. The molecule has 1 aliphatic rings. The van der Waals surface area contributed by atoms with Gasteiger partial charge in [0.1, 0.15) is 5.75 Å². The van der Waals surface area contributed by atoms with Crippen LogP contribution in [0, 0.1) is 6.92 Å². The maximum Gasteiger partial charge on any atom is 0.363 e. The zero-order valence-electron chi connectivity index (χ0n) is 16.0. The van der Waals surface area contributed by atoms with Crippen LogP contribution in [0.3, 0.4) is 0 Å². The quantitative estimate of drug-likeness (QED) is 0.332. The van der Waals surface area contributed by atoms with Crippen LogP contribution in [-0.4, -0.2) is 17.8 Å². The van der Waals surface area contributed by atoms with E-state index in [0.29, 0.717) is 27.5 Å². The number of hydrogen-bond acceptors (Lipinski definition) is 5. The minimum absolute atomic E-state index is 0.162. The normalized spacial score (nSPS) is 14.4. The van der Waals surface area contributed by atoms with Gasteiger partial charge in [-0.2, -0.15) is 0 Å². The Morgan fingerprint density at radius 1 is 1.03 bits per heavy atom. The summed E-state index contributed by atoms with van der Waals surface area (Å²) in [6.07, 6.45) is 1.60. The Kier molecular flexibility index (Phi) is 5.46. The molecule has 148 valence electrons. The van der Waals surface area contributed by atoms with E-state index in [9.17, 15) is 9.59 Å². The summed E-state index contributed by atoms with van der Waals surface area (Å²) < 4.78 is 10.6. The van der Waals surface area contributed by atoms with Gasteiger partial charge in [-0.25, -0.2) is 14.6 Å². The van der Waals surface area contributed by atoms with Crippen molar-refractivity contribution in [2.24, 2.45) is 4.99 Å². The lowest BCUT2D eigenvalue weighted by Gasteiger charge is -2.05. The minimum atomic E-state index is -0.556. The summed E-state index contributed by atoms with van der Waals surface area (Å²) in [5.41, 5.74) is 2.88. The monoisotopic (exact) mass is 417 g/mol.